The maximum absolute atomic E-state index is 12.1. The van der Waals surface area contributed by atoms with Crippen LogP contribution in [0.5, 0.6) is 0 Å². The molecule has 5 heteroatoms. The molecule has 0 aliphatic heterocycles. The molecule has 0 aromatic heterocycles. The average Bonchev–Trinajstić information content (AvgIpc) is 2.45. The maximum atomic E-state index is 12.1. The van der Waals surface area contributed by atoms with Gasteiger partial charge in [0.1, 0.15) is 0 Å². The fourth-order valence-electron chi connectivity index (χ4n) is 2.79. The van der Waals surface area contributed by atoms with E-state index in [1.165, 1.54) is 32.1 Å². The number of carbonyl (C=O) groups is 1. The molecule has 1 aromatic carbocycles. The number of benzene rings is 1. The fraction of sp³-hybridized carbons (Fsp3) is 0.588. The Morgan fingerprint density at radius 1 is 1.09 bits per heavy atom. The summed E-state index contributed by atoms with van der Waals surface area (Å²) in [5, 5.41) is 4.51. The highest BCUT2D eigenvalue weighted by Gasteiger charge is 2.14. The molecule has 22 heavy (non-hydrogen) atoms. The zero-order chi connectivity index (χ0) is 15.8. The molecule has 1 saturated carbocycles. The Bertz CT molecular complexity index is 467. The Morgan fingerprint density at radius 2 is 1.68 bits per heavy atom. The normalized spacial score (nSPS) is 16.8. The summed E-state index contributed by atoms with van der Waals surface area (Å²) in [6.07, 6.45) is 8.63. The van der Waals surface area contributed by atoms with Crippen molar-refractivity contribution in [2.24, 2.45) is 0 Å². The maximum Gasteiger partial charge on any atom is 0.230 e. The van der Waals surface area contributed by atoms with Gasteiger partial charge >= 0.3 is 0 Å². The van der Waals surface area contributed by atoms with E-state index in [9.17, 15) is 4.79 Å². The molecule has 0 spiro atoms. The first-order valence-electron chi connectivity index (χ1n) is 7.97. The predicted octanol–water partition coefficient (Wildman–Crippen LogP) is 5.46. The van der Waals surface area contributed by atoms with Gasteiger partial charge in [0, 0.05) is 21.8 Å². The largest absolute Gasteiger partial charge is 0.353 e. The molecule has 0 saturated heterocycles. The summed E-state index contributed by atoms with van der Waals surface area (Å²) in [7, 11) is 0. The van der Waals surface area contributed by atoms with Crippen LogP contribution in [0.1, 0.15) is 50.5 Å². The van der Waals surface area contributed by atoms with Crippen molar-refractivity contribution in [3.8, 4) is 0 Å². The second-order valence-electron chi connectivity index (χ2n) is 5.80. The predicted molar refractivity (Wildman–Crippen MR) is 96.9 cm³/mol. The third-order valence-corrected chi connectivity index (χ3v) is 5.68. The zero-order valence-corrected chi connectivity index (χ0v) is 15.1. The van der Waals surface area contributed by atoms with Crippen molar-refractivity contribution in [1.82, 2.24) is 5.32 Å². The fourth-order valence-corrected chi connectivity index (χ4v) is 4.36. The van der Waals surface area contributed by atoms with Crippen LogP contribution in [0.15, 0.2) is 18.2 Å². The first-order valence-corrected chi connectivity index (χ1v) is 9.88. The van der Waals surface area contributed by atoms with Crippen molar-refractivity contribution in [1.29, 1.82) is 0 Å². The van der Waals surface area contributed by atoms with Gasteiger partial charge in [0.05, 0.1) is 5.75 Å². The van der Waals surface area contributed by atoms with E-state index in [2.05, 4.69) is 5.32 Å². The number of hydrogen-bond acceptors (Lipinski definition) is 2. The summed E-state index contributed by atoms with van der Waals surface area (Å²) in [5.41, 5.74) is 0.912. The van der Waals surface area contributed by atoms with Gasteiger partial charge in [-0.25, -0.2) is 0 Å². The second-order valence-corrected chi connectivity index (χ2v) is 7.60. The van der Waals surface area contributed by atoms with Gasteiger partial charge in [-0.05, 0) is 30.5 Å². The summed E-state index contributed by atoms with van der Waals surface area (Å²) < 4.78 is 0. The first-order chi connectivity index (χ1) is 10.7. The Labute approximate surface area is 147 Å². The second kappa shape index (κ2) is 9.69. The first kappa shape index (κ1) is 18.0. The monoisotopic (exact) mass is 359 g/mol. The number of nitrogens with one attached hydrogen (secondary N) is 1. The van der Waals surface area contributed by atoms with Gasteiger partial charge in [-0.2, -0.15) is 0 Å². The Balaban J connectivity index is 1.73. The van der Waals surface area contributed by atoms with Crippen molar-refractivity contribution < 1.29 is 4.79 Å². The van der Waals surface area contributed by atoms with Crippen LogP contribution in [0.25, 0.3) is 0 Å². The quantitative estimate of drug-likeness (QED) is 0.756. The third kappa shape index (κ3) is 6.02. The van der Waals surface area contributed by atoms with Crippen LogP contribution in [0.2, 0.25) is 10.0 Å². The Kier molecular flexibility index (Phi) is 7.91. The lowest BCUT2D eigenvalue weighted by Gasteiger charge is -2.21. The van der Waals surface area contributed by atoms with Crippen molar-refractivity contribution in [3.05, 3.63) is 33.8 Å². The molecule has 0 atom stereocenters. The van der Waals surface area contributed by atoms with Crippen LogP contribution < -0.4 is 5.32 Å². The lowest BCUT2D eigenvalue weighted by molar-refractivity contribution is -0.119. The number of amides is 1. The van der Waals surface area contributed by atoms with Gasteiger partial charge < -0.3 is 5.32 Å². The molecule has 1 aliphatic rings. The number of carbonyl (C=O) groups excluding carboxylic acids is 1. The molecule has 0 heterocycles. The summed E-state index contributed by atoms with van der Waals surface area (Å²) in [6, 6.07) is 5.85. The van der Waals surface area contributed by atoms with Gasteiger partial charge in [0.15, 0.2) is 0 Å². The lowest BCUT2D eigenvalue weighted by atomic mass is 9.97. The van der Waals surface area contributed by atoms with E-state index in [4.69, 9.17) is 23.2 Å². The minimum atomic E-state index is 0.124. The highest BCUT2D eigenvalue weighted by molar-refractivity contribution is 7.99. The van der Waals surface area contributed by atoms with E-state index >= 15 is 0 Å². The molecule has 1 aliphatic carbocycles. The molecule has 0 radical (unpaired) electrons. The van der Waals surface area contributed by atoms with Crippen LogP contribution >= 0.6 is 35.0 Å². The van der Waals surface area contributed by atoms with Gasteiger partial charge in [-0.3, -0.25) is 4.79 Å². The van der Waals surface area contributed by atoms with Crippen molar-refractivity contribution in [2.45, 2.75) is 56.7 Å². The highest BCUT2D eigenvalue weighted by Crippen LogP contribution is 2.28. The Morgan fingerprint density at radius 3 is 2.32 bits per heavy atom. The minimum absolute atomic E-state index is 0.124. The highest BCUT2D eigenvalue weighted by atomic mass is 35.5. The van der Waals surface area contributed by atoms with Gasteiger partial charge in [-0.15, -0.1) is 11.8 Å². The van der Waals surface area contributed by atoms with Crippen molar-refractivity contribution in [2.75, 3.05) is 5.75 Å². The lowest BCUT2D eigenvalue weighted by Crippen LogP contribution is -2.36. The summed E-state index contributed by atoms with van der Waals surface area (Å²) in [4.78, 5) is 12.1. The van der Waals surface area contributed by atoms with E-state index < -0.39 is 0 Å². The van der Waals surface area contributed by atoms with Crippen molar-refractivity contribution >= 4 is 40.9 Å². The topological polar surface area (TPSA) is 29.1 Å². The smallest absolute Gasteiger partial charge is 0.230 e. The van der Waals surface area contributed by atoms with Crippen LogP contribution in [-0.2, 0) is 10.5 Å². The zero-order valence-electron chi connectivity index (χ0n) is 12.7. The SMILES string of the molecule is O=C(CSCc1c(Cl)cccc1Cl)NC1CCCCCCC1. The molecule has 2 rings (SSSR count). The van der Waals surface area contributed by atoms with Crippen LogP contribution in [0, 0.1) is 0 Å². The van der Waals surface area contributed by atoms with Gasteiger partial charge in [0.2, 0.25) is 5.91 Å². The molecule has 1 N–H and O–H groups in total. The van der Waals surface area contributed by atoms with E-state index in [0.717, 1.165) is 18.4 Å². The number of thioether (sulfide) groups is 1. The van der Waals surface area contributed by atoms with Crippen LogP contribution in [-0.4, -0.2) is 17.7 Å². The van der Waals surface area contributed by atoms with Crippen LogP contribution in [0.4, 0.5) is 0 Å². The summed E-state index contributed by atoms with van der Waals surface area (Å²) in [5.74, 6) is 1.24. The van der Waals surface area contributed by atoms with Gasteiger partial charge in [0.25, 0.3) is 0 Å². The minimum Gasteiger partial charge on any atom is -0.353 e. The van der Waals surface area contributed by atoms with E-state index in [-0.39, 0.29) is 5.91 Å². The standard InChI is InChI=1S/C17H23Cl2NOS/c18-15-9-6-10-16(19)14(15)11-22-12-17(21)20-13-7-4-2-1-3-5-8-13/h6,9-10,13H,1-5,7-8,11-12H2,(H,20,21). The third-order valence-electron chi connectivity index (χ3n) is 4.01. The molecule has 122 valence electrons. The molecule has 1 amide bonds. The number of rotatable bonds is 5. The van der Waals surface area contributed by atoms with E-state index in [0.29, 0.717) is 27.6 Å². The Hall–Kier alpha value is -0.380. The summed E-state index contributed by atoms with van der Waals surface area (Å²) >= 11 is 13.8. The molecule has 2 nitrogen and oxygen atoms in total. The van der Waals surface area contributed by atoms with Crippen LogP contribution in [0.3, 0.4) is 0 Å². The molecule has 1 fully saturated rings. The molecular formula is C17H23Cl2NOS. The van der Waals surface area contributed by atoms with E-state index in [1.54, 1.807) is 11.8 Å². The molecule has 0 bridgehead atoms. The van der Waals surface area contributed by atoms with Crippen molar-refractivity contribution in [3.63, 3.8) is 0 Å². The number of halogens is 2. The van der Waals surface area contributed by atoms with Gasteiger partial charge in [-0.1, -0.05) is 61.4 Å². The summed E-state index contributed by atoms with van der Waals surface area (Å²) in [6.45, 7) is 0. The molecule has 1 aromatic rings. The average molecular weight is 360 g/mol. The molecular weight excluding hydrogens is 337 g/mol. The number of hydrogen-bond donors (Lipinski definition) is 1. The molecule has 0 unspecified atom stereocenters. The van der Waals surface area contributed by atoms with E-state index in [1.807, 2.05) is 18.2 Å².